The highest BCUT2D eigenvalue weighted by Gasteiger charge is 2.34. The third-order valence-corrected chi connectivity index (χ3v) is 6.39. The molecule has 2 N–H and O–H groups in total. The lowest BCUT2D eigenvalue weighted by Gasteiger charge is -2.31. The number of nitrogens with one attached hydrogen (secondary N) is 2. The molecule has 6 nitrogen and oxygen atoms in total. The lowest BCUT2D eigenvalue weighted by Crippen LogP contribution is -2.41. The highest BCUT2D eigenvalue weighted by atomic mass is 32.1. The van der Waals surface area contributed by atoms with Crippen molar-refractivity contribution in [3.8, 4) is 0 Å². The molecule has 2 atom stereocenters. The number of anilines is 1. The van der Waals surface area contributed by atoms with Crippen LogP contribution >= 0.6 is 11.5 Å². The number of amides is 1. The summed E-state index contributed by atoms with van der Waals surface area (Å²) in [5.74, 6) is -0.178. The van der Waals surface area contributed by atoms with Crippen molar-refractivity contribution in [1.82, 2.24) is 19.9 Å². The SMILES string of the molecule is CCCc1nnsc1C(=O)N[C@@H]1CCC[C@H](Nc2cc(C(F)(F)F)nc3ccccc23)C1. The molecule has 0 bridgehead atoms. The van der Waals surface area contributed by atoms with E-state index in [1.54, 1.807) is 24.3 Å². The molecule has 1 amide bonds. The van der Waals surface area contributed by atoms with Gasteiger partial charge in [-0.3, -0.25) is 4.79 Å². The number of aromatic nitrogens is 3. The van der Waals surface area contributed by atoms with Gasteiger partial charge in [0.25, 0.3) is 5.91 Å². The van der Waals surface area contributed by atoms with Gasteiger partial charge in [-0.15, -0.1) is 5.10 Å². The molecule has 1 fully saturated rings. The molecule has 3 aromatic rings. The lowest BCUT2D eigenvalue weighted by atomic mass is 9.90. The van der Waals surface area contributed by atoms with Crippen molar-refractivity contribution in [3.05, 3.63) is 46.6 Å². The number of carbonyl (C=O) groups is 1. The number of para-hydroxylation sites is 1. The van der Waals surface area contributed by atoms with E-state index in [1.165, 1.54) is 0 Å². The Kier molecular flexibility index (Phi) is 6.59. The summed E-state index contributed by atoms with van der Waals surface area (Å²) in [6.45, 7) is 2.02. The minimum Gasteiger partial charge on any atom is -0.382 e. The van der Waals surface area contributed by atoms with Crippen LogP contribution in [0.1, 0.15) is 60.1 Å². The average Bonchev–Trinajstić information content (AvgIpc) is 3.22. The monoisotopic (exact) mass is 463 g/mol. The molecule has 2 aromatic heterocycles. The molecule has 4 rings (SSSR count). The molecule has 1 aliphatic carbocycles. The van der Waals surface area contributed by atoms with Gasteiger partial charge < -0.3 is 10.6 Å². The van der Waals surface area contributed by atoms with Crippen LogP contribution in [0.4, 0.5) is 18.9 Å². The van der Waals surface area contributed by atoms with Crippen LogP contribution < -0.4 is 10.6 Å². The van der Waals surface area contributed by atoms with Crippen LogP contribution in [0.25, 0.3) is 10.9 Å². The smallest absolute Gasteiger partial charge is 0.382 e. The van der Waals surface area contributed by atoms with Crippen LogP contribution in [0.2, 0.25) is 0 Å². The van der Waals surface area contributed by atoms with Crippen molar-refractivity contribution in [1.29, 1.82) is 0 Å². The zero-order chi connectivity index (χ0) is 22.7. The van der Waals surface area contributed by atoms with Gasteiger partial charge in [-0.05, 0) is 55.8 Å². The number of benzene rings is 1. The van der Waals surface area contributed by atoms with Crippen LogP contribution in [-0.4, -0.2) is 32.6 Å². The van der Waals surface area contributed by atoms with Crippen molar-refractivity contribution < 1.29 is 18.0 Å². The van der Waals surface area contributed by atoms with Gasteiger partial charge in [0, 0.05) is 23.2 Å². The number of carbonyl (C=O) groups excluding carboxylic acids is 1. The van der Waals surface area contributed by atoms with Crippen LogP contribution in [0.3, 0.4) is 0 Å². The van der Waals surface area contributed by atoms with Crippen molar-refractivity contribution in [2.24, 2.45) is 0 Å². The number of alkyl halides is 3. The van der Waals surface area contributed by atoms with Crippen LogP contribution in [0.5, 0.6) is 0 Å². The predicted molar refractivity (Wildman–Crippen MR) is 118 cm³/mol. The van der Waals surface area contributed by atoms with Crippen LogP contribution in [0, 0.1) is 0 Å². The zero-order valence-corrected chi connectivity index (χ0v) is 18.4. The fourth-order valence-electron chi connectivity index (χ4n) is 4.14. The average molecular weight is 464 g/mol. The fraction of sp³-hybridized carbons (Fsp3) is 0.455. The van der Waals surface area contributed by atoms with Crippen molar-refractivity contribution in [2.75, 3.05) is 5.32 Å². The Morgan fingerprint density at radius 2 is 2.00 bits per heavy atom. The van der Waals surface area contributed by atoms with Crippen LogP contribution in [0.15, 0.2) is 30.3 Å². The first-order valence-electron chi connectivity index (χ1n) is 10.7. The van der Waals surface area contributed by atoms with Gasteiger partial charge in [0.15, 0.2) is 0 Å². The molecule has 0 aliphatic heterocycles. The summed E-state index contributed by atoms with van der Waals surface area (Å²) in [6.07, 6.45) is 0.172. The van der Waals surface area contributed by atoms with Crippen molar-refractivity contribution in [3.63, 3.8) is 0 Å². The lowest BCUT2D eigenvalue weighted by molar-refractivity contribution is -0.140. The Bertz CT molecular complexity index is 1100. The van der Waals surface area contributed by atoms with E-state index in [2.05, 4.69) is 25.2 Å². The first-order valence-corrected chi connectivity index (χ1v) is 11.5. The molecular weight excluding hydrogens is 439 g/mol. The quantitative estimate of drug-likeness (QED) is 0.525. The number of hydrogen-bond acceptors (Lipinski definition) is 6. The molecule has 170 valence electrons. The summed E-state index contributed by atoms with van der Waals surface area (Å²) in [7, 11) is 0. The summed E-state index contributed by atoms with van der Waals surface area (Å²) < 4.78 is 44.0. The number of rotatable bonds is 6. The van der Waals surface area contributed by atoms with Crippen LogP contribution in [-0.2, 0) is 12.6 Å². The first kappa shape index (κ1) is 22.4. The summed E-state index contributed by atoms with van der Waals surface area (Å²) >= 11 is 1.09. The molecule has 0 unspecified atom stereocenters. The number of nitrogens with zero attached hydrogens (tertiary/aromatic N) is 3. The van der Waals surface area contributed by atoms with Gasteiger partial charge in [0.2, 0.25) is 0 Å². The molecule has 2 heterocycles. The molecule has 1 aromatic carbocycles. The van der Waals surface area contributed by atoms with Gasteiger partial charge in [-0.1, -0.05) is 36.0 Å². The molecule has 0 spiro atoms. The van der Waals surface area contributed by atoms with E-state index in [0.29, 0.717) is 40.0 Å². The zero-order valence-electron chi connectivity index (χ0n) is 17.6. The number of pyridine rings is 1. The second-order valence-electron chi connectivity index (χ2n) is 8.05. The van der Waals surface area contributed by atoms with E-state index in [0.717, 1.165) is 43.3 Å². The maximum atomic E-state index is 13.4. The minimum absolute atomic E-state index is 0.0596. The summed E-state index contributed by atoms with van der Waals surface area (Å²) in [5.41, 5.74) is 0.507. The highest BCUT2D eigenvalue weighted by Crippen LogP contribution is 2.34. The molecule has 32 heavy (non-hydrogen) atoms. The van der Waals surface area contributed by atoms with E-state index in [1.807, 2.05) is 6.92 Å². The highest BCUT2D eigenvalue weighted by molar-refractivity contribution is 7.08. The Labute approximate surface area is 187 Å². The maximum Gasteiger partial charge on any atom is 0.433 e. The molecule has 1 saturated carbocycles. The minimum atomic E-state index is -4.53. The molecule has 10 heteroatoms. The topological polar surface area (TPSA) is 79.8 Å². The predicted octanol–water partition coefficient (Wildman–Crippen LogP) is 5.21. The van der Waals surface area contributed by atoms with E-state index in [-0.39, 0.29) is 18.0 Å². The summed E-state index contributed by atoms with van der Waals surface area (Å²) in [5, 5.41) is 11.1. The van der Waals surface area contributed by atoms with Gasteiger partial charge >= 0.3 is 6.18 Å². The number of hydrogen-bond donors (Lipinski definition) is 2. The molecular formula is C22H24F3N5OS. The van der Waals surface area contributed by atoms with E-state index in [9.17, 15) is 18.0 Å². The first-order chi connectivity index (χ1) is 15.3. The molecule has 1 aliphatic rings. The second-order valence-corrected chi connectivity index (χ2v) is 8.80. The van der Waals surface area contributed by atoms with E-state index < -0.39 is 11.9 Å². The third-order valence-electron chi connectivity index (χ3n) is 5.62. The van der Waals surface area contributed by atoms with Crippen molar-refractivity contribution in [2.45, 2.75) is 63.7 Å². The largest absolute Gasteiger partial charge is 0.433 e. The molecule has 0 radical (unpaired) electrons. The van der Waals surface area contributed by atoms with E-state index >= 15 is 0 Å². The van der Waals surface area contributed by atoms with Gasteiger partial charge in [-0.25, -0.2) is 4.98 Å². The fourth-order valence-corrected chi connectivity index (χ4v) is 4.76. The summed E-state index contributed by atoms with van der Waals surface area (Å²) in [4.78, 5) is 17.0. The number of halogens is 3. The van der Waals surface area contributed by atoms with Gasteiger partial charge in [-0.2, -0.15) is 13.2 Å². The van der Waals surface area contributed by atoms with Gasteiger partial charge in [0.1, 0.15) is 10.6 Å². The molecule has 0 saturated heterocycles. The Balaban J connectivity index is 1.49. The second kappa shape index (κ2) is 9.40. The van der Waals surface area contributed by atoms with Crippen molar-refractivity contribution >= 4 is 34.0 Å². The normalized spacial score (nSPS) is 19.1. The Morgan fingerprint density at radius 1 is 1.22 bits per heavy atom. The third kappa shape index (κ3) is 5.01. The number of aryl methyl sites for hydroxylation is 1. The Morgan fingerprint density at radius 3 is 2.78 bits per heavy atom. The maximum absolute atomic E-state index is 13.4. The Hall–Kier alpha value is -2.75. The van der Waals surface area contributed by atoms with E-state index in [4.69, 9.17) is 0 Å². The summed E-state index contributed by atoms with van der Waals surface area (Å²) in [6, 6.07) is 7.74. The number of fused-ring (bicyclic) bond motifs is 1. The van der Waals surface area contributed by atoms with Gasteiger partial charge in [0.05, 0.1) is 11.2 Å². The standard InChI is InChI=1S/C22H24F3N5OS/c1-2-6-17-20(32-30-29-17)21(31)27-14-8-5-7-13(11-14)26-18-12-19(22(23,24)25)28-16-10-4-3-9-15(16)18/h3-4,9-10,12-14H,2,5-8,11H2,1H3,(H,26,28)(H,27,31)/t13-,14+/m0/s1.